The van der Waals surface area contributed by atoms with Crippen molar-refractivity contribution in [1.29, 1.82) is 0 Å². The Balaban J connectivity index is 3.95. The van der Waals surface area contributed by atoms with E-state index >= 15 is 0 Å². The van der Waals surface area contributed by atoms with E-state index in [0.29, 0.717) is 0 Å². The summed E-state index contributed by atoms with van der Waals surface area (Å²) in [5, 5.41) is 17.3. The highest BCUT2D eigenvalue weighted by atomic mass is 16.4. The van der Waals surface area contributed by atoms with Gasteiger partial charge in [-0.1, -0.05) is 25.5 Å². The van der Waals surface area contributed by atoms with E-state index in [1.807, 2.05) is 13.0 Å². The van der Waals surface area contributed by atoms with Crippen molar-refractivity contribution < 1.29 is 15.0 Å². The molecule has 0 amide bonds. The number of aliphatic carboxylic acids is 1. The molecule has 13 heavy (non-hydrogen) atoms. The number of rotatable bonds is 5. The second-order valence-electron chi connectivity index (χ2n) is 2.48. The molecule has 3 nitrogen and oxygen atoms in total. The van der Waals surface area contributed by atoms with Gasteiger partial charge in [-0.15, -0.1) is 0 Å². The van der Waals surface area contributed by atoms with Crippen molar-refractivity contribution in [2.24, 2.45) is 0 Å². The van der Waals surface area contributed by atoms with Crippen LogP contribution in [-0.4, -0.2) is 16.2 Å². The molecular weight excluding hydrogens is 168 g/mol. The summed E-state index contributed by atoms with van der Waals surface area (Å²) in [6, 6.07) is 0. The van der Waals surface area contributed by atoms with Crippen LogP contribution in [0.1, 0.15) is 19.8 Å². The van der Waals surface area contributed by atoms with Crippen LogP contribution in [0.2, 0.25) is 0 Å². The van der Waals surface area contributed by atoms with Gasteiger partial charge in [0.15, 0.2) is 0 Å². The van der Waals surface area contributed by atoms with Crippen LogP contribution in [0.15, 0.2) is 36.1 Å². The number of allylic oxidation sites excluding steroid dienone is 4. The minimum atomic E-state index is -1.03. The zero-order valence-electron chi connectivity index (χ0n) is 7.60. The summed E-state index contributed by atoms with van der Waals surface area (Å²) >= 11 is 0. The van der Waals surface area contributed by atoms with E-state index in [2.05, 4.69) is 0 Å². The van der Waals surface area contributed by atoms with Crippen molar-refractivity contribution in [3.8, 4) is 0 Å². The van der Waals surface area contributed by atoms with E-state index in [1.54, 1.807) is 6.08 Å². The monoisotopic (exact) mass is 182 g/mol. The highest BCUT2D eigenvalue weighted by Crippen LogP contribution is 1.95. The lowest BCUT2D eigenvalue weighted by molar-refractivity contribution is -0.131. The summed E-state index contributed by atoms with van der Waals surface area (Å²) in [7, 11) is 0. The Morgan fingerprint density at radius 2 is 2.00 bits per heavy atom. The Hall–Kier alpha value is -1.51. The molecule has 0 aliphatic carbocycles. The molecule has 3 heteroatoms. The molecule has 0 saturated heterocycles. The fourth-order valence-electron chi connectivity index (χ4n) is 0.655. The number of unbranched alkanes of at least 4 members (excludes halogenated alkanes) is 1. The molecule has 0 spiro atoms. The summed E-state index contributed by atoms with van der Waals surface area (Å²) < 4.78 is 0. The maximum atomic E-state index is 10.0. The minimum absolute atomic E-state index is 0.0611. The first-order chi connectivity index (χ1) is 6.16. The van der Waals surface area contributed by atoms with Gasteiger partial charge in [0.05, 0.1) is 0 Å². The number of hydrogen-bond acceptors (Lipinski definition) is 2. The van der Waals surface area contributed by atoms with Crippen molar-refractivity contribution in [2.45, 2.75) is 19.8 Å². The third kappa shape index (κ3) is 8.40. The lowest BCUT2D eigenvalue weighted by Crippen LogP contribution is -1.84. The molecule has 0 saturated carbocycles. The maximum Gasteiger partial charge on any atom is 0.328 e. The van der Waals surface area contributed by atoms with Gasteiger partial charge in [-0.2, -0.15) is 0 Å². The van der Waals surface area contributed by atoms with Crippen LogP contribution in [0.5, 0.6) is 0 Å². The lowest BCUT2D eigenvalue weighted by atomic mass is 10.3. The predicted molar refractivity (Wildman–Crippen MR) is 51.5 cm³/mol. The first-order valence-electron chi connectivity index (χ1n) is 4.13. The molecular formula is C10H14O3. The fourth-order valence-corrected chi connectivity index (χ4v) is 0.655. The predicted octanol–water partition coefficient (Wildman–Crippen LogP) is 2.43. The van der Waals surface area contributed by atoms with Crippen molar-refractivity contribution in [3.63, 3.8) is 0 Å². The Bertz CT molecular complexity index is 237. The second-order valence-corrected chi connectivity index (χ2v) is 2.48. The molecule has 0 aliphatic heterocycles. The van der Waals surface area contributed by atoms with Crippen molar-refractivity contribution in [2.75, 3.05) is 0 Å². The number of carboxylic acids is 1. The van der Waals surface area contributed by atoms with Crippen molar-refractivity contribution in [1.82, 2.24) is 0 Å². The van der Waals surface area contributed by atoms with E-state index < -0.39 is 5.97 Å². The number of aliphatic hydroxyl groups is 1. The molecule has 0 rings (SSSR count). The van der Waals surface area contributed by atoms with Gasteiger partial charge in [0.1, 0.15) is 5.76 Å². The summed E-state index contributed by atoms with van der Waals surface area (Å²) in [6.07, 6.45) is 8.89. The van der Waals surface area contributed by atoms with E-state index in [4.69, 9.17) is 10.2 Å². The molecule has 72 valence electrons. The van der Waals surface area contributed by atoms with E-state index in [9.17, 15) is 4.79 Å². The van der Waals surface area contributed by atoms with Crippen LogP contribution in [0.25, 0.3) is 0 Å². The summed E-state index contributed by atoms with van der Waals surface area (Å²) in [5.41, 5.74) is 0. The molecule has 0 aromatic heterocycles. The van der Waals surface area contributed by atoms with Crippen LogP contribution in [0.3, 0.4) is 0 Å². The lowest BCUT2D eigenvalue weighted by Gasteiger charge is -1.87. The number of aliphatic hydroxyl groups excluding tert-OH is 1. The average Bonchev–Trinajstić information content (AvgIpc) is 2.04. The first-order valence-corrected chi connectivity index (χ1v) is 4.13. The van der Waals surface area contributed by atoms with Gasteiger partial charge < -0.3 is 10.2 Å². The molecule has 0 fully saturated rings. The fraction of sp³-hybridized carbons (Fsp3) is 0.300. The third-order valence-electron chi connectivity index (χ3n) is 1.25. The van der Waals surface area contributed by atoms with Gasteiger partial charge in [-0.05, 0) is 18.6 Å². The van der Waals surface area contributed by atoms with Gasteiger partial charge in [-0.25, -0.2) is 4.79 Å². The molecule has 0 atom stereocenters. The van der Waals surface area contributed by atoms with Crippen molar-refractivity contribution >= 4 is 5.97 Å². The van der Waals surface area contributed by atoms with Crippen LogP contribution in [0, 0.1) is 0 Å². The highest BCUT2D eigenvalue weighted by molar-refractivity contribution is 5.80. The molecule has 0 bridgehead atoms. The topological polar surface area (TPSA) is 57.5 Å². The largest absolute Gasteiger partial charge is 0.508 e. The molecule has 0 aromatic carbocycles. The molecule has 2 N–H and O–H groups in total. The zero-order valence-corrected chi connectivity index (χ0v) is 7.60. The molecule has 0 aliphatic rings. The highest BCUT2D eigenvalue weighted by Gasteiger charge is 1.84. The molecule has 0 heterocycles. The molecule has 0 radical (unpaired) electrons. The van der Waals surface area contributed by atoms with Gasteiger partial charge >= 0.3 is 5.97 Å². The van der Waals surface area contributed by atoms with Gasteiger partial charge in [0.2, 0.25) is 0 Å². The average molecular weight is 182 g/mol. The van der Waals surface area contributed by atoms with Gasteiger partial charge in [0.25, 0.3) is 0 Å². The van der Waals surface area contributed by atoms with Gasteiger partial charge in [0, 0.05) is 6.08 Å². The Morgan fingerprint density at radius 3 is 2.54 bits per heavy atom. The van der Waals surface area contributed by atoms with E-state index in [0.717, 1.165) is 18.9 Å². The smallest absolute Gasteiger partial charge is 0.328 e. The van der Waals surface area contributed by atoms with E-state index in [1.165, 1.54) is 12.2 Å². The van der Waals surface area contributed by atoms with Gasteiger partial charge in [-0.3, -0.25) is 0 Å². The van der Waals surface area contributed by atoms with Crippen LogP contribution in [0.4, 0.5) is 0 Å². The van der Waals surface area contributed by atoms with Crippen LogP contribution >= 0.6 is 0 Å². The Kier molecular flexibility index (Phi) is 6.32. The zero-order chi connectivity index (χ0) is 10.1. The number of carbonyl (C=O) groups is 1. The standard InChI is InChI=1S/C10H14O3/c1-2-3-4-6-9(11)7-5-8-10(12)13/h4-8,11H,2-3H2,1H3,(H,12,13). The summed E-state index contributed by atoms with van der Waals surface area (Å²) in [5.74, 6) is -0.965. The molecule has 0 unspecified atom stereocenters. The van der Waals surface area contributed by atoms with E-state index in [-0.39, 0.29) is 5.76 Å². The second kappa shape index (κ2) is 7.16. The quantitative estimate of drug-likeness (QED) is 0.390. The SMILES string of the molecule is CCCC=CC(O)=CC=CC(=O)O. The molecule has 0 aromatic rings. The first kappa shape index (κ1) is 11.5. The summed E-state index contributed by atoms with van der Waals surface area (Å²) in [4.78, 5) is 10.0. The third-order valence-corrected chi connectivity index (χ3v) is 1.25. The Morgan fingerprint density at radius 1 is 1.31 bits per heavy atom. The minimum Gasteiger partial charge on any atom is -0.508 e. The Labute approximate surface area is 77.7 Å². The number of carboxylic acid groups (broad SMARTS) is 1. The maximum absolute atomic E-state index is 10.0. The van der Waals surface area contributed by atoms with Crippen LogP contribution < -0.4 is 0 Å². The normalized spacial score (nSPS) is 12.8. The van der Waals surface area contributed by atoms with Crippen molar-refractivity contribution in [3.05, 3.63) is 36.1 Å². The number of hydrogen-bond donors (Lipinski definition) is 2. The van der Waals surface area contributed by atoms with Crippen LogP contribution in [-0.2, 0) is 4.79 Å². The summed E-state index contributed by atoms with van der Waals surface area (Å²) in [6.45, 7) is 2.04.